The quantitative estimate of drug-likeness (QED) is 0.737. The molecule has 0 unspecified atom stereocenters. The average molecular weight is 216 g/mol. The summed E-state index contributed by atoms with van der Waals surface area (Å²) in [4.78, 5) is 11.3. The van der Waals surface area contributed by atoms with E-state index in [0.29, 0.717) is 12.0 Å². The molecule has 0 spiro atoms. The number of benzene rings is 1. The zero-order chi connectivity index (χ0) is 11.5. The lowest BCUT2D eigenvalue weighted by Gasteiger charge is -1.99. The molecule has 4 nitrogen and oxygen atoms in total. The van der Waals surface area contributed by atoms with Gasteiger partial charge in [-0.15, -0.1) is 0 Å². The molecule has 4 heteroatoms. The summed E-state index contributed by atoms with van der Waals surface area (Å²) in [5, 5.41) is 8.45. The second kappa shape index (κ2) is 4.23. The van der Waals surface area contributed by atoms with E-state index in [-0.39, 0.29) is 5.76 Å². The molecule has 0 fully saturated rings. The standard InChI is InChI=1S/C12H12N2O2/c1-14-10-8-9(4-2-3-7-13)5-6-11(10)16-12(14)15/h5-6,8H,2-4H2,1H3. The molecule has 0 saturated heterocycles. The minimum absolute atomic E-state index is 0.343. The lowest BCUT2D eigenvalue weighted by molar-refractivity contribution is 0.528. The number of nitrogens with zero attached hydrogens (tertiary/aromatic N) is 2. The Bertz CT molecular complexity index is 601. The SMILES string of the molecule is Cn1c(=O)oc2ccc(CCCC#N)cc21. The summed E-state index contributed by atoms with van der Waals surface area (Å²) < 4.78 is 6.52. The Labute approximate surface area is 92.7 Å². The monoisotopic (exact) mass is 216 g/mol. The van der Waals surface area contributed by atoms with Crippen molar-refractivity contribution in [3.8, 4) is 6.07 Å². The van der Waals surface area contributed by atoms with Gasteiger partial charge in [0.15, 0.2) is 5.58 Å². The molecule has 0 aliphatic rings. The molecular formula is C12H12N2O2. The van der Waals surface area contributed by atoms with Crippen molar-refractivity contribution < 1.29 is 4.42 Å². The van der Waals surface area contributed by atoms with Gasteiger partial charge >= 0.3 is 5.76 Å². The van der Waals surface area contributed by atoms with Crippen LogP contribution in [0.3, 0.4) is 0 Å². The van der Waals surface area contributed by atoms with Crippen LogP contribution in [0.2, 0.25) is 0 Å². The number of fused-ring (bicyclic) bond motifs is 1. The van der Waals surface area contributed by atoms with E-state index >= 15 is 0 Å². The van der Waals surface area contributed by atoms with Gasteiger partial charge in [-0.2, -0.15) is 5.26 Å². The Morgan fingerprint density at radius 3 is 3.06 bits per heavy atom. The molecule has 2 aromatic rings. The normalized spacial score (nSPS) is 10.5. The van der Waals surface area contributed by atoms with E-state index in [4.69, 9.17) is 9.68 Å². The highest BCUT2D eigenvalue weighted by Crippen LogP contribution is 2.15. The number of oxazole rings is 1. The summed E-state index contributed by atoms with van der Waals surface area (Å²) in [6.07, 6.45) is 2.25. The Morgan fingerprint density at radius 1 is 1.50 bits per heavy atom. The van der Waals surface area contributed by atoms with E-state index < -0.39 is 0 Å². The fraction of sp³-hybridized carbons (Fsp3) is 0.333. The highest BCUT2D eigenvalue weighted by molar-refractivity contribution is 5.73. The van der Waals surface area contributed by atoms with Crippen molar-refractivity contribution in [2.45, 2.75) is 19.3 Å². The van der Waals surface area contributed by atoms with Crippen LogP contribution in [-0.2, 0) is 13.5 Å². The van der Waals surface area contributed by atoms with Crippen LogP contribution in [0.15, 0.2) is 27.4 Å². The number of hydrogen-bond donors (Lipinski definition) is 0. The molecule has 1 aromatic carbocycles. The highest BCUT2D eigenvalue weighted by atomic mass is 16.4. The number of aryl methyl sites for hydroxylation is 2. The molecule has 0 saturated carbocycles. The topological polar surface area (TPSA) is 58.9 Å². The Morgan fingerprint density at radius 2 is 2.31 bits per heavy atom. The third-order valence-corrected chi connectivity index (χ3v) is 2.61. The van der Waals surface area contributed by atoms with E-state index in [1.54, 1.807) is 13.1 Å². The number of unbranched alkanes of at least 4 members (excludes halogenated alkanes) is 1. The molecular weight excluding hydrogens is 204 g/mol. The summed E-state index contributed by atoms with van der Waals surface area (Å²) in [6.45, 7) is 0. The van der Waals surface area contributed by atoms with E-state index in [2.05, 4.69) is 6.07 Å². The lowest BCUT2D eigenvalue weighted by Crippen LogP contribution is -2.08. The van der Waals surface area contributed by atoms with Gasteiger partial charge in [-0.05, 0) is 30.5 Å². The van der Waals surface area contributed by atoms with Crippen LogP contribution in [0, 0.1) is 11.3 Å². The molecule has 0 atom stereocenters. The van der Waals surface area contributed by atoms with Gasteiger partial charge in [-0.1, -0.05) is 6.07 Å². The molecule has 0 aliphatic heterocycles. The summed E-state index contributed by atoms with van der Waals surface area (Å²) in [6, 6.07) is 7.80. The van der Waals surface area contributed by atoms with Gasteiger partial charge in [0.2, 0.25) is 0 Å². The second-order valence-electron chi connectivity index (χ2n) is 3.74. The lowest BCUT2D eigenvalue weighted by atomic mass is 10.1. The Hall–Kier alpha value is -2.02. The fourth-order valence-electron chi connectivity index (χ4n) is 1.70. The van der Waals surface area contributed by atoms with E-state index in [1.807, 2.05) is 12.1 Å². The Balaban J connectivity index is 2.33. The van der Waals surface area contributed by atoms with Crippen molar-refractivity contribution in [2.75, 3.05) is 0 Å². The molecule has 1 heterocycles. The van der Waals surface area contributed by atoms with Crippen molar-refractivity contribution in [1.82, 2.24) is 4.57 Å². The number of nitriles is 1. The van der Waals surface area contributed by atoms with Gasteiger partial charge in [0.1, 0.15) is 0 Å². The van der Waals surface area contributed by atoms with Crippen molar-refractivity contribution in [2.24, 2.45) is 7.05 Å². The van der Waals surface area contributed by atoms with Crippen LogP contribution in [0.5, 0.6) is 0 Å². The first-order valence-corrected chi connectivity index (χ1v) is 5.18. The van der Waals surface area contributed by atoms with Gasteiger partial charge in [0.25, 0.3) is 0 Å². The minimum Gasteiger partial charge on any atom is -0.408 e. The first-order chi connectivity index (χ1) is 7.72. The number of rotatable bonds is 3. The van der Waals surface area contributed by atoms with E-state index in [0.717, 1.165) is 23.9 Å². The van der Waals surface area contributed by atoms with E-state index in [9.17, 15) is 4.79 Å². The molecule has 82 valence electrons. The predicted octanol–water partition coefficient (Wildman–Crippen LogP) is 1.98. The number of hydrogen-bond acceptors (Lipinski definition) is 3. The van der Waals surface area contributed by atoms with Gasteiger partial charge in [-0.3, -0.25) is 4.57 Å². The Kier molecular flexibility index (Phi) is 2.78. The van der Waals surface area contributed by atoms with Gasteiger partial charge < -0.3 is 4.42 Å². The van der Waals surface area contributed by atoms with Crippen molar-refractivity contribution in [1.29, 1.82) is 5.26 Å². The minimum atomic E-state index is -0.343. The summed E-state index contributed by atoms with van der Waals surface area (Å²) in [7, 11) is 1.69. The maximum atomic E-state index is 11.3. The third kappa shape index (κ3) is 1.84. The molecule has 0 N–H and O–H groups in total. The maximum absolute atomic E-state index is 11.3. The first-order valence-electron chi connectivity index (χ1n) is 5.18. The van der Waals surface area contributed by atoms with Gasteiger partial charge in [0.05, 0.1) is 11.6 Å². The molecule has 0 aliphatic carbocycles. The van der Waals surface area contributed by atoms with Gasteiger partial charge in [0, 0.05) is 13.5 Å². The smallest absolute Gasteiger partial charge is 0.408 e. The zero-order valence-corrected chi connectivity index (χ0v) is 9.06. The molecule has 0 amide bonds. The maximum Gasteiger partial charge on any atom is 0.419 e. The molecule has 2 rings (SSSR count). The zero-order valence-electron chi connectivity index (χ0n) is 9.06. The van der Waals surface area contributed by atoms with Gasteiger partial charge in [-0.25, -0.2) is 4.79 Å². The van der Waals surface area contributed by atoms with Crippen LogP contribution >= 0.6 is 0 Å². The van der Waals surface area contributed by atoms with Crippen LogP contribution in [-0.4, -0.2) is 4.57 Å². The second-order valence-corrected chi connectivity index (χ2v) is 3.74. The van der Waals surface area contributed by atoms with Crippen LogP contribution in [0.4, 0.5) is 0 Å². The molecule has 16 heavy (non-hydrogen) atoms. The van der Waals surface area contributed by atoms with Crippen LogP contribution < -0.4 is 5.76 Å². The summed E-state index contributed by atoms with van der Waals surface area (Å²) in [5.74, 6) is -0.343. The van der Waals surface area contributed by atoms with Crippen molar-refractivity contribution in [3.63, 3.8) is 0 Å². The van der Waals surface area contributed by atoms with E-state index in [1.165, 1.54) is 4.57 Å². The molecule has 0 radical (unpaired) electrons. The van der Waals surface area contributed by atoms with Crippen LogP contribution in [0.1, 0.15) is 18.4 Å². The third-order valence-electron chi connectivity index (χ3n) is 2.61. The van der Waals surface area contributed by atoms with Crippen molar-refractivity contribution >= 4 is 11.1 Å². The highest BCUT2D eigenvalue weighted by Gasteiger charge is 2.05. The number of aromatic nitrogens is 1. The molecule has 0 bridgehead atoms. The van der Waals surface area contributed by atoms with Crippen molar-refractivity contribution in [3.05, 3.63) is 34.3 Å². The summed E-state index contributed by atoms with van der Waals surface area (Å²) >= 11 is 0. The van der Waals surface area contributed by atoms with Crippen LogP contribution in [0.25, 0.3) is 11.1 Å². The predicted molar refractivity (Wildman–Crippen MR) is 60.0 cm³/mol. The largest absolute Gasteiger partial charge is 0.419 e. The average Bonchev–Trinajstić information content (AvgIpc) is 2.56. The fourth-order valence-corrected chi connectivity index (χ4v) is 1.70. The molecule has 1 aromatic heterocycles. The summed E-state index contributed by atoms with van der Waals surface area (Å²) in [5.41, 5.74) is 2.54. The first kappa shape index (κ1) is 10.5.